The summed E-state index contributed by atoms with van der Waals surface area (Å²) in [6.45, 7) is 3.83. The summed E-state index contributed by atoms with van der Waals surface area (Å²) in [5.41, 5.74) is 0.300. The van der Waals surface area contributed by atoms with Crippen molar-refractivity contribution in [2.24, 2.45) is 5.92 Å². The van der Waals surface area contributed by atoms with Gasteiger partial charge in [0.2, 0.25) is 15.9 Å². The van der Waals surface area contributed by atoms with Gasteiger partial charge >= 0.3 is 0 Å². The molecular formula is C12H15NO4S. The number of ether oxygens (including phenoxy) is 1. The molecule has 1 atom stereocenters. The minimum absolute atomic E-state index is 0.147. The van der Waals surface area contributed by atoms with E-state index >= 15 is 0 Å². The molecule has 5 nitrogen and oxygen atoms in total. The van der Waals surface area contributed by atoms with Crippen molar-refractivity contribution >= 4 is 21.6 Å². The Kier molecular flexibility index (Phi) is 3.30. The zero-order chi connectivity index (χ0) is 13.3. The predicted molar refractivity (Wildman–Crippen MR) is 68.0 cm³/mol. The van der Waals surface area contributed by atoms with Crippen molar-refractivity contribution in [1.82, 2.24) is 0 Å². The van der Waals surface area contributed by atoms with Gasteiger partial charge in [0.05, 0.1) is 18.3 Å². The molecule has 1 amide bonds. The molecule has 1 aromatic rings. The summed E-state index contributed by atoms with van der Waals surface area (Å²) < 4.78 is 30.2. The monoisotopic (exact) mass is 269 g/mol. The molecule has 6 heteroatoms. The second-order valence-corrected chi connectivity index (χ2v) is 6.05. The summed E-state index contributed by atoms with van der Waals surface area (Å²) in [6.07, 6.45) is 0. The molecule has 18 heavy (non-hydrogen) atoms. The van der Waals surface area contributed by atoms with E-state index in [2.05, 4.69) is 0 Å². The Morgan fingerprint density at radius 3 is 2.61 bits per heavy atom. The van der Waals surface area contributed by atoms with Crippen LogP contribution in [0.25, 0.3) is 0 Å². The fourth-order valence-electron chi connectivity index (χ4n) is 1.97. The SMILES string of the molecule is CCOc1ccccc1N1C(=O)C(C)CS1(=O)=O. The molecule has 1 unspecified atom stereocenters. The Hall–Kier alpha value is -1.56. The molecular weight excluding hydrogens is 254 g/mol. The first kappa shape index (κ1) is 12.9. The van der Waals surface area contributed by atoms with Gasteiger partial charge in [-0.2, -0.15) is 0 Å². The van der Waals surface area contributed by atoms with Crippen molar-refractivity contribution in [2.75, 3.05) is 16.7 Å². The summed E-state index contributed by atoms with van der Waals surface area (Å²) in [7, 11) is -3.58. The molecule has 1 saturated heterocycles. The molecule has 0 aromatic heterocycles. The van der Waals surface area contributed by atoms with Gasteiger partial charge in [-0.15, -0.1) is 0 Å². The molecule has 0 saturated carbocycles. The van der Waals surface area contributed by atoms with E-state index in [4.69, 9.17) is 4.74 Å². The van der Waals surface area contributed by atoms with Crippen LogP contribution >= 0.6 is 0 Å². The zero-order valence-corrected chi connectivity index (χ0v) is 11.1. The lowest BCUT2D eigenvalue weighted by molar-refractivity contribution is -0.119. The smallest absolute Gasteiger partial charge is 0.244 e. The minimum Gasteiger partial charge on any atom is -0.492 e. The molecule has 2 rings (SSSR count). The number of para-hydroxylation sites is 2. The second kappa shape index (κ2) is 4.61. The van der Waals surface area contributed by atoms with Gasteiger partial charge in [-0.1, -0.05) is 19.1 Å². The average molecular weight is 269 g/mol. The van der Waals surface area contributed by atoms with E-state index in [1.807, 2.05) is 0 Å². The number of hydrogen-bond donors (Lipinski definition) is 0. The fourth-order valence-corrected chi connectivity index (χ4v) is 3.80. The summed E-state index contributed by atoms with van der Waals surface area (Å²) in [6, 6.07) is 6.66. The van der Waals surface area contributed by atoms with Crippen LogP contribution in [0.3, 0.4) is 0 Å². The Labute approximate surface area is 106 Å². The van der Waals surface area contributed by atoms with Gasteiger partial charge < -0.3 is 4.74 Å². The van der Waals surface area contributed by atoms with Crippen LogP contribution in [-0.2, 0) is 14.8 Å². The maximum atomic E-state index is 12.0. The van der Waals surface area contributed by atoms with Crippen molar-refractivity contribution < 1.29 is 17.9 Å². The first-order chi connectivity index (χ1) is 8.47. The molecule has 98 valence electrons. The van der Waals surface area contributed by atoms with E-state index in [1.54, 1.807) is 38.1 Å². The van der Waals surface area contributed by atoms with Crippen LogP contribution in [0.5, 0.6) is 5.75 Å². The highest BCUT2D eigenvalue weighted by atomic mass is 32.2. The van der Waals surface area contributed by atoms with Crippen LogP contribution in [0.4, 0.5) is 5.69 Å². The van der Waals surface area contributed by atoms with Crippen molar-refractivity contribution in [3.63, 3.8) is 0 Å². The van der Waals surface area contributed by atoms with E-state index in [1.165, 1.54) is 0 Å². The van der Waals surface area contributed by atoms with E-state index in [-0.39, 0.29) is 5.75 Å². The van der Waals surface area contributed by atoms with Crippen LogP contribution in [-0.4, -0.2) is 26.7 Å². The van der Waals surface area contributed by atoms with Crippen molar-refractivity contribution in [3.05, 3.63) is 24.3 Å². The lowest BCUT2D eigenvalue weighted by Gasteiger charge is -2.18. The number of nitrogens with zero attached hydrogens (tertiary/aromatic N) is 1. The molecule has 1 aliphatic rings. The van der Waals surface area contributed by atoms with E-state index in [0.29, 0.717) is 18.0 Å². The van der Waals surface area contributed by atoms with E-state index in [0.717, 1.165) is 4.31 Å². The maximum Gasteiger partial charge on any atom is 0.244 e. The van der Waals surface area contributed by atoms with Gasteiger partial charge in [0, 0.05) is 0 Å². The fraction of sp³-hybridized carbons (Fsp3) is 0.417. The first-order valence-corrected chi connectivity index (χ1v) is 7.37. The van der Waals surface area contributed by atoms with Gasteiger partial charge in [0.1, 0.15) is 11.4 Å². The lowest BCUT2D eigenvalue weighted by Crippen LogP contribution is -2.30. The van der Waals surface area contributed by atoms with Crippen LogP contribution < -0.4 is 9.04 Å². The van der Waals surface area contributed by atoms with Crippen LogP contribution in [0, 0.1) is 5.92 Å². The molecule has 0 aliphatic carbocycles. The number of benzene rings is 1. The number of carbonyl (C=O) groups excluding carboxylic acids is 1. The summed E-state index contributed by atoms with van der Waals surface area (Å²) in [5, 5.41) is 0. The highest BCUT2D eigenvalue weighted by molar-refractivity contribution is 7.94. The number of carbonyl (C=O) groups is 1. The molecule has 1 aromatic carbocycles. The Balaban J connectivity index is 2.51. The first-order valence-electron chi connectivity index (χ1n) is 5.76. The molecule has 0 N–H and O–H groups in total. The highest BCUT2D eigenvalue weighted by Crippen LogP contribution is 2.35. The third-order valence-corrected chi connectivity index (χ3v) is 4.60. The average Bonchev–Trinajstić information content (AvgIpc) is 2.50. The molecule has 1 fully saturated rings. The third-order valence-electron chi connectivity index (χ3n) is 2.74. The van der Waals surface area contributed by atoms with E-state index in [9.17, 15) is 13.2 Å². The van der Waals surface area contributed by atoms with Gasteiger partial charge in [-0.3, -0.25) is 4.79 Å². The number of hydrogen-bond acceptors (Lipinski definition) is 4. The van der Waals surface area contributed by atoms with Crippen LogP contribution in [0.2, 0.25) is 0 Å². The molecule has 0 bridgehead atoms. The number of rotatable bonds is 3. The minimum atomic E-state index is -3.58. The normalized spacial score (nSPS) is 22.2. The quantitative estimate of drug-likeness (QED) is 0.832. The van der Waals surface area contributed by atoms with Crippen LogP contribution in [0.1, 0.15) is 13.8 Å². The highest BCUT2D eigenvalue weighted by Gasteiger charge is 2.43. The lowest BCUT2D eigenvalue weighted by atomic mass is 10.2. The van der Waals surface area contributed by atoms with Gasteiger partial charge in [0.15, 0.2) is 0 Å². The van der Waals surface area contributed by atoms with Gasteiger partial charge in [0.25, 0.3) is 0 Å². The Morgan fingerprint density at radius 2 is 2.06 bits per heavy atom. The van der Waals surface area contributed by atoms with Crippen molar-refractivity contribution in [3.8, 4) is 5.75 Å². The molecule has 1 aliphatic heterocycles. The van der Waals surface area contributed by atoms with Crippen molar-refractivity contribution in [2.45, 2.75) is 13.8 Å². The number of amides is 1. The summed E-state index contributed by atoms with van der Waals surface area (Å²) in [4.78, 5) is 12.0. The summed E-state index contributed by atoms with van der Waals surface area (Å²) in [5.74, 6) is -0.649. The third kappa shape index (κ3) is 2.08. The van der Waals surface area contributed by atoms with E-state index < -0.39 is 21.8 Å². The largest absolute Gasteiger partial charge is 0.492 e. The molecule has 1 heterocycles. The van der Waals surface area contributed by atoms with Crippen LogP contribution in [0.15, 0.2) is 24.3 Å². The topological polar surface area (TPSA) is 63.7 Å². The van der Waals surface area contributed by atoms with Crippen molar-refractivity contribution in [1.29, 1.82) is 0 Å². The maximum absolute atomic E-state index is 12.0. The molecule has 0 radical (unpaired) electrons. The Bertz CT molecular complexity index is 567. The standard InChI is InChI=1S/C12H15NO4S/c1-3-17-11-7-5-4-6-10(11)13-12(14)9(2)8-18(13,15)16/h4-7,9H,3,8H2,1-2H3. The Morgan fingerprint density at radius 1 is 1.39 bits per heavy atom. The molecule has 0 spiro atoms. The number of anilines is 1. The number of sulfonamides is 1. The second-order valence-electron chi connectivity index (χ2n) is 4.18. The predicted octanol–water partition coefficient (Wildman–Crippen LogP) is 1.40. The zero-order valence-electron chi connectivity index (χ0n) is 10.3. The van der Waals surface area contributed by atoms with Gasteiger partial charge in [-0.05, 0) is 19.1 Å². The summed E-state index contributed by atoms with van der Waals surface area (Å²) >= 11 is 0. The van der Waals surface area contributed by atoms with Gasteiger partial charge in [-0.25, -0.2) is 12.7 Å².